The normalized spacial score (nSPS) is 10.5. The molecule has 0 aromatic heterocycles. The van der Waals surface area contributed by atoms with E-state index in [1.165, 1.54) is 12.1 Å². The van der Waals surface area contributed by atoms with Crippen LogP contribution in [0.1, 0.15) is 11.1 Å². The van der Waals surface area contributed by atoms with Crippen molar-refractivity contribution in [2.75, 3.05) is 0 Å². The summed E-state index contributed by atoms with van der Waals surface area (Å²) < 4.78 is 20.3. The molecule has 0 amide bonds. The maximum absolute atomic E-state index is 13.0. The Morgan fingerprint density at radius 3 is 2.47 bits per heavy atom. The zero-order chi connectivity index (χ0) is 13.8. The van der Waals surface area contributed by atoms with Crippen LogP contribution in [0.4, 0.5) is 4.39 Å². The topological polar surface area (TPSA) is 35.2 Å². The van der Waals surface area contributed by atoms with Gasteiger partial charge in [0.1, 0.15) is 18.2 Å². The Morgan fingerprint density at radius 2 is 1.79 bits per heavy atom. The molecule has 0 radical (unpaired) electrons. The predicted octanol–water partition coefficient (Wildman–Crippen LogP) is 4.39. The van der Waals surface area contributed by atoms with Gasteiger partial charge in [-0.1, -0.05) is 37.9 Å². The molecule has 19 heavy (non-hydrogen) atoms. The van der Waals surface area contributed by atoms with Crippen molar-refractivity contribution in [3.05, 3.63) is 62.3 Å². The highest BCUT2D eigenvalue weighted by Crippen LogP contribution is 2.24. The van der Waals surface area contributed by atoms with Gasteiger partial charge < -0.3 is 10.5 Å². The van der Waals surface area contributed by atoms with Crippen LogP contribution in [0.15, 0.2) is 45.3 Å². The predicted molar refractivity (Wildman–Crippen MR) is 80.5 cm³/mol. The quantitative estimate of drug-likeness (QED) is 0.842. The second-order valence-electron chi connectivity index (χ2n) is 3.98. The van der Waals surface area contributed by atoms with Crippen LogP contribution in [-0.2, 0) is 13.2 Å². The third kappa shape index (κ3) is 3.78. The van der Waals surface area contributed by atoms with E-state index in [-0.39, 0.29) is 5.82 Å². The van der Waals surface area contributed by atoms with Gasteiger partial charge in [0, 0.05) is 21.1 Å². The molecule has 0 fully saturated rings. The molecule has 0 aliphatic carbocycles. The van der Waals surface area contributed by atoms with Gasteiger partial charge in [-0.05, 0) is 35.9 Å². The Morgan fingerprint density at radius 1 is 1.00 bits per heavy atom. The molecule has 0 heterocycles. The summed E-state index contributed by atoms with van der Waals surface area (Å²) in [4.78, 5) is 0. The lowest BCUT2D eigenvalue weighted by Gasteiger charge is -2.10. The van der Waals surface area contributed by atoms with Gasteiger partial charge in [0.15, 0.2) is 0 Å². The molecule has 0 unspecified atom stereocenters. The van der Waals surface area contributed by atoms with Crippen molar-refractivity contribution in [2.24, 2.45) is 5.73 Å². The first-order valence-electron chi connectivity index (χ1n) is 5.65. The fourth-order valence-corrected chi connectivity index (χ4v) is 2.47. The van der Waals surface area contributed by atoms with Gasteiger partial charge >= 0.3 is 0 Å². The van der Waals surface area contributed by atoms with Crippen LogP contribution in [0, 0.1) is 5.82 Å². The lowest BCUT2D eigenvalue weighted by molar-refractivity contribution is 0.305. The Kier molecular flexibility index (Phi) is 4.96. The second kappa shape index (κ2) is 6.50. The van der Waals surface area contributed by atoms with Gasteiger partial charge in [0.25, 0.3) is 0 Å². The average molecular weight is 389 g/mol. The molecule has 2 aromatic carbocycles. The van der Waals surface area contributed by atoms with Crippen LogP contribution in [0.5, 0.6) is 5.75 Å². The number of nitrogens with two attached hydrogens (primary N) is 1. The molecule has 0 saturated heterocycles. The fourth-order valence-electron chi connectivity index (χ4n) is 1.60. The molecule has 100 valence electrons. The first-order valence-corrected chi connectivity index (χ1v) is 7.24. The van der Waals surface area contributed by atoms with E-state index in [1.807, 2.05) is 18.2 Å². The van der Waals surface area contributed by atoms with Crippen molar-refractivity contribution in [3.63, 3.8) is 0 Å². The second-order valence-corrected chi connectivity index (χ2v) is 5.69. The molecule has 0 bridgehead atoms. The molecule has 2 nitrogen and oxygen atoms in total. The highest BCUT2D eigenvalue weighted by atomic mass is 79.9. The molecule has 2 rings (SSSR count). The monoisotopic (exact) mass is 387 g/mol. The summed E-state index contributed by atoms with van der Waals surface area (Å²) in [5.74, 6) is 0.463. The molecule has 0 saturated carbocycles. The summed E-state index contributed by atoms with van der Waals surface area (Å²) in [6, 6.07) is 10.2. The van der Waals surface area contributed by atoms with Crippen LogP contribution in [-0.4, -0.2) is 0 Å². The molecule has 0 aliphatic heterocycles. The third-order valence-electron chi connectivity index (χ3n) is 2.65. The van der Waals surface area contributed by atoms with Crippen molar-refractivity contribution in [1.29, 1.82) is 0 Å². The lowest BCUT2D eigenvalue weighted by atomic mass is 10.2. The van der Waals surface area contributed by atoms with Crippen LogP contribution < -0.4 is 10.5 Å². The molecule has 0 spiro atoms. The van der Waals surface area contributed by atoms with E-state index in [9.17, 15) is 4.39 Å². The van der Waals surface area contributed by atoms with E-state index in [4.69, 9.17) is 10.5 Å². The first-order chi connectivity index (χ1) is 9.10. The number of rotatable bonds is 4. The molecular formula is C14H12Br2FNO. The van der Waals surface area contributed by atoms with Gasteiger partial charge in [0.05, 0.1) is 0 Å². The number of ether oxygens (including phenoxy) is 1. The summed E-state index contributed by atoms with van der Waals surface area (Å²) in [5.41, 5.74) is 7.50. The molecule has 2 N–H and O–H groups in total. The van der Waals surface area contributed by atoms with Crippen LogP contribution in [0.25, 0.3) is 0 Å². The molecule has 0 aliphatic rings. The van der Waals surface area contributed by atoms with Gasteiger partial charge in [-0.2, -0.15) is 0 Å². The fraction of sp³-hybridized carbons (Fsp3) is 0.143. The van der Waals surface area contributed by atoms with Crippen LogP contribution in [0.3, 0.4) is 0 Å². The standard InChI is InChI=1S/C14H12Br2FNO/c15-13-4-3-12(5-10(13)7-18)19-8-9-1-2-11(17)6-14(9)16/h1-6H,7-8,18H2. The van der Waals surface area contributed by atoms with Crippen molar-refractivity contribution >= 4 is 31.9 Å². The zero-order valence-corrected chi connectivity index (χ0v) is 13.2. The van der Waals surface area contributed by atoms with E-state index in [2.05, 4.69) is 31.9 Å². The largest absolute Gasteiger partial charge is 0.489 e. The summed E-state index contributed by atoms with van der Waals surface area (Å²) in [7, 11) is 0. The van der Waals surface area contributed by atoms with Gasteiger partial charge in [-0.3, -0.25) is 0 Å². The highest BCUT2D eigenvalue weighted by Gasteiger charge is 2.04. The van der Waals surface area contributed by atoms with Crippen LogP contribution >= 0.6 is 31.9 Å². The first kappa shape index (κ1) is 14.5. The van der Waals surface area contributed by atoms with E-state index in [1.54, 1.807) is 6.07 Å². The minimum Gasteiger partial charge on any atom is -0.489 e. The molecule has 5 heteroatoms. The van der Waals surface area contributed by atoms with Crippen molar-refractivity contribution in [3.8, 4) is 5.75 Å². The molecule has 0 atom stereocenters. The van der Waals surface area contributed by atoms with Crippen LogP contribution in [0.2, 0.25) is 0 Å². The molecule has 2 aromatic rings. The number of hydrogen-bond acceptors (Lipinski definition) is 2. The number of hydrogen-bond donors (Lipinski definition) is 1. The average Bonchev–Trinajstić information content (AvgIpc) is 2.39. The van der Waals surface area contributed by atoms with Crippen molar-refractivity contribution in [2.45, 2.75) is 13.2 Å². The van der Waals surface area contributed by atoms with E-state index < -0.39 is 0 Å². The van der Waals surface area contributed by atoms with E-state index >= 15 is 0 Å². The highest BCUT2D eigenvalue weighted by molar-refractivity contribution is 9.10. The lowest BCUT2D eigenvalue weighted by Crippen LogP contribution is -2.00. The Bertz CT molecular complexity index is 590. The maximum atomic E-state index is 13.0. The summed E-state index contributed by atoms with van der Waals surface area (Å²) in [6.45, 7) is 0.810. The van der Waals surface area contributed by atoms with Gasteiger partial charge in [-0.25, -0.2) is 4.39 Å². The van der Waals surface area contributed by atoms with Gasteiger partial charge in [0.2, 0.25) is 0 Å². The Labute approximate surface area is 128 Å². The summed E-state index contributed by atoms with van der Waals surface area (Å²) in [6.07, 6.45) is 0. The Hall–Kier alpha value is -0.910. The molecular weight excluding hydrogens is 377 g/mol. The maximum Gasteiger partial charge on any atom is 0.124 e. The minimum absolute atomic E-state index is 0.273. The van der Waals surface area contributed by atoms with Crippen molar-refractivity contribution < 1.29 is 9.13 Å². The Balaban J connectivity index is 2.10. The van der Waals surface area contributed by atoms with Crippen molar-refractivity contribution in [1.82, 2.24) is 0 Å². The minimum atomic E-state index is -0.273. The number of halogens is 3. The smallest absolute Gasteiger partial charge is 0.124 e. The summed E-state index contributed by atoms with van der Waals surface area (Å²) in [5, 5.41) is 0. The zero-order valence-electron chi connectivity index (χ0n) is 10.00. The summed E-state index contributed by atoms with van der Waals surface area (Å²) >= 11 is 6.73. The SMILES string of the molecule is NCc1cc(OCc2ccc(F)cc2Br)ccc1Br. The van der Waals surface area contributed by atoms with Gasteiger partial charge in [-0.15, -0.1) is 0 Å². The van der Waals surface area contributed by atoms with E-state index in [0.717, 1.165) is 21.3 Å². The third-order valence-corrected chi connectivity index (χ3v) is 4.16. The number of benzene rings is 2. The van der Waals surface area contributed by atoms with E-state index in [0.29, 0.717) is 17.6 Å².